The van der Waals surface area contributed by atoms with Crippen molar-refractivity contribution < 1.29 is 19.0 Å². The Labute approximate surface area is 140 Å². The highest BCUT2D eigenvalue weighted by Crippen LogP contribution is 2.09. The van der Waals surface area contributed by atoms with Gasteiger partial charge in [-0.15, -0.1) is 0 Å². The van der Waals surface area contributed by atoms with Gasteiger partial charge in [0.25, 0.3) is 0 Å². The Morgan fingerprint density at radius 3 is 2.71 bits per heavy atom. The molecule has 0 aliphatic carbocycles. The number of amides is 1. The predicted molar refractivity (Wildman–Crippen MR) is 88.4 cm³/mol. The van der Waals surface area contributed by atoms with Gasteiger partial charge in [-0.3, -0.25) is 0 Å². The Morgan fingerprint density at radius 2 is 2.00 bits per heavy atom. The number of ether oxygens (including phenoxy) is 1. The van der Waals surface area contributed by atoms with E-state index >= 15 is 0 Å². The van der Waals surface area contributed by atoms with Crippen LogP contribution < -0.4 is 5.32 Å². The van der Waals surface area contributed by atoms with Crippen molar-refractivity contribution in [2.24, 2.45) is 0 Å². The molecule has 4 nitrogen and oxygen atoms in total. The first kappa shape index (κ1) is 17.5. The van der Waals surface area contributed by atoms with E-state index in [-0.39, 0.29) is 18.8 Å². The summed E-state index contributed by atoms with van der Waals surface area (Å²) >= 11 is 0. The number of alkyl carbamates (subject to hydrolysis) is 1. The monoisotopic (exact) mass is 327 g/mol. The lowest BCUT2D eigenvalue weighted by molar-refractivity contribution is 0.140. The fraction of sp³-hybridized carbons (Fsp3) is 0.211. The van der Waals surface area contributed by atoms with E-state index in [1.807, 2.05) is 30.3 Å². The van der Waals surface area contributed by atoms with Gasteiger partial charge >= 0.3 is 6.09 Å². The molecule has 0 bridgehead atoms. The summed E-state index contributed by atoms with van der Waals surface area (Å²) in [7, 11) is 0. The lowest BCUT2D eigenvalue weighted by atomic mass is 10.1. The van der Waals surface area contributed by atoms with Crippen LogP contribution in [0, 0.1) is 17.7 Å². The normalized spacial score (nSPS) is 9.75. The molecule has 24 heavy (non-hydrogen) atoms. The van der Waals surface area contributed by atoms with E-state index in [4.69, 9.17) is 9.84 Å². The highest BCUT2D eigenvalue weighted by atomic mass is 19.1. The number of nitrogens with one attached hydrogen (secondary N) is 1. The Morgan fingerprint density at radius 1 is 1.21 bits per heavy atom. The largest absolute Gasteiger partial charge is 0.445 e. The van der Waals surface area contributed by atoms with Gasteiger partial charge in [0, 0.05) is 24.1 Å². The summed E-state index contributed by atoms with van der Waals surface area (Å²) in [5.41, 5.74) is 1.68. The molecule has 0 saturated carbocycles. The van der Waals surface area contributed by atoms with Crippen molar-refractivity contribution in [2.45, 2.75) is 19.6 Å². The van der Waals surface area contributed by atoms with E-state index in [9.17, 15) is 9.18 Å². The summed E-state index contributed by atoms with van der Waals surface area (Å²) in [5.74, 6) is 5.17. The van der Waals surface area contributed by atoms with Crippen molar-refractivity contribution in [3.8, 4) is 11.8 Å². The van der Waals surface area contributed by atoms with Crippen molar-refractivity contribution in [1.82, 2.24) is 5.32 Å². The Kier molecular flexibility index (Phi) is 6.81. The summed E-state index contributed by atoms with van der Waals surface area (Å²) < 4.78 is 18.5. The Bertz CT molecular complexity index is 735. The van der Waals surface area contributed by atoms with Crippen molar-refractivity contribution in [3.63, 3.8) is 0 Å². The number of carbonyl (C=O) groups excluding carboxylic acids is 1. The molecule has 0 aromatic heterocycles. The van der Waals surface area contributed by atoms with Crippen LogP contribution in [0.15, 0.2) is 48.5 Å². The molecule has 2 aromatic carbocycles. The van der Waals surface area contributed by atoms with E-state index in [1.54, 1.807) is 6.07 Å². The third-order valence-electron chi connectivity index (χ3n) is 3.19. The zero-order chi connectivity index (χ0) is 17.2. The molecule has 0 saturated heterocycles. The topological polar surface area (TPSA) is 58.6 Å². The Hall–Kier alpha value is -2.84. The average Bonchev–Trinajstić information content (AvgIpc) is 2.61. The summed E-state index contributed by atoms with van der Waals surface area (Å²) in [4.78, 5) is 11.5. The van der Waals surface area contributed by atoms with E-state index in [0.717, 1.165) is 5.56 Å². The maximum absolute atomic E-state index is 13.5. The molecule has 0 aliphatic rings. The van der Waals surface area contributed by atoms with Crippen LogP contribution in [0.1, 0.15) is 23.1 Å². The molecular formula is C19H18FNO3. The highest BCUT2D eigenvalue weighted by molar-refractivity contribution is 5.67. The van der Waals surface area contributed by atoms with Gasteiger partial charge in [0.1, 0.15) is 12.4 Å². The SMILES string of the molecule is O=C(NCCC#Cc1ccc(CO)c(F)c1)OCc1ccccc1. The number of hydrogen-bond acceptors (Lipinski definition) is 3. The second-order valence-corrected chi connectivity index (χ2v) is 5.00. The number of carbonyl (C=O) groups is 1. The quantitative estimate of drug-likeness (QED) is 0.656. The molecule has 0 atom stereocenters. The standard InChI is InChI=1S/C19H18FNO3/c20-18-12-15(9-10-17(18)13-22)6-4-5-11-21-19(23)24-14-16-7-2-1-3-8-16/h1-3,7-10,12,22H,5,11,13-14H2,(H,21,23). The second kappa shape index (κ2) is 9.33. The summed E-state index contributed by atoms with van der Waals surface area (Å²) in [6.07, 6.45) is -0.0805. The molecule has 1 amide bonds. The zero-order valence-electron chi connectivity index (χ0n) is 13.1. The molecule has 2 rings (SSSR count). The van der Waals surface area contributed by atoms with Crippen LogP contribution in [-0.4, -0.2) is 17.7 Å². The number of aliphatic hydroxyl groups excluding tert-OH is 1. The fourth-order valence-corrected chi connectivity index (χ4v) is 1.92. The molecule has 5 heteroatoms. The first-order valence-electron chi connectivity index (χ1n) is 7.52. The molecule has 0 fully saturated rings. The van der Waals surface area contributed by atoms with Gasteiger partial charge in [-0.05, 0) is 17.7 Å². The third-order valence-corrected chi connectivity index (χ3v) is 3.19. The minimum atomic E-state index is -0.501. The first-order valence-corrected chi connectivity index (χ1v) is 7.52. The van der Waals surface area contributed by atoms with Crippen molar-refractivity contribution in [3.05, 3.63) is 71.0 Å². The molecule has 0 unspecified atom stereocenters. The van der Waals surface area contributed by atoms with Crippen molar-refractivity contribution in [2.75, 3.05) is 6.54 Å². The lowest BCUT2D eigenvalue weighted by Crippen LogP contribution is -2.24. The van der Waals surface area contributed by atoms with Crippen molar-refractivity contribution >= 4 is 6.09 Å². The van der Waals surface area contributed by atoms with Gasteiger partial charge in [-0.25, -0.2) is 9.18 Å². The number of rotatable bonds is 5. The van der Waals surface area contributed by atoms with Crippen LogP contribution in [0.25, 0.3) is 0 Å². The second-order valence-electron chi connectivity index (χ2n) is 5.00. The smallest absolute Gasteiger partial charge is 0.407 e. The third kappa shape index (κ3) is 5.75. The van der Waals surface area contributed by atoms with Crippen LogP contribution in [0.3, 0.4) is 0 Å². The average molecular weight is 327 g/mol. The highest BCUT2D eigenvalue weighted by Gasteiger charge is 2.01. The van der Waals surface area contributed by atoms with Crippen LogP contribution in [0.5, 0.6) is 0 Å². The van der Waals surface area contributed by atoms with Gasteiger partial charge in [0.2, 0.25) is 0 Å². The minimum absolute atomic E-state index is 0.217. The fourth-order valence-electron chi connectivity index (χ4n) is 1.92. The van der Waals surface area contributed by atoms with Crippen LogP contribution in [0.2, 0.25) is 0 Å². The molecule has 124 valence electrons. The Balaban J connectivity index is 1.69. The van der Waals surface area contributed by atoms with Gasteiger partial charge in [0.05, 0.1) is 6.61 Å². The van der Waals surface area contributed by atoms with Gasteiger partial charge in [-0.2, -0.15) is 0 Å². The summed E-state index contributed by atoms with van der Waals surface area (Å²) in [6, 6.07) is 13.8. The number of benzene rings is 2. The lowest BCUT2D eigenvalue weighted by Gasteiger charge is -2.05. The van der Waals surface area contributed by atoms with Gasteiger partial charge < -0.3 is 15.2 Å². The van der Waals surface area contributed by atoms with Crippen molar-refractivity contribution in [1.29, 1.82) is 0 Å². The summed E-state index contributed by atoms with van der Waals surface area (Å²) in [6.45, 7) is 0.223. The van der Waals surface area contributed by atoms with E-state index in [2.05, 4.69) is 17.2 Å². The molecule has 2 aromatic rings. The van der Waals surface area contributed by atoms with E-state index in [0.29, 0.717) is 18.5 Å². The molecule has 0 heterocycles. The zero-order valence-corrected chi connectivity index (χ0v) is 13.1. The van der Waals surface area contributed by atoms with Gasteiger partial charge in [-0.1, -0.05) is 48.2 Å². The maximum Gasteiger partial charge on any atom is 0.407 e. The number of aliphatic hydroxyl groups is 1. The number of hydrogen-bond donors (Lipinski definition) is 2. The first-order chi connectivity index (χ1) is 11.7. The number of halogens is 1. The van der Waals surface area contributed by atoms with E-state index < -0.39 is 11.9 Å². The maximum atomic E-state index is 13.5. The van der Waals surface area contributed by atoms with Crippen LogP contribution in [-0.2, 0) is 18.0 Å². The van der Waals surface area contributed by atoms with Crippen LogP contribution in [0.4, 0.5) is 9.18 Å². The molecule has 0 spiro atoms. The predicted octanol–water partition coefficient (Wildman–Crippen LogP) is 2.99. The van der Waals surface area contributed by atoms with E-state index in [1.165, 1.54) is 12.1 Å². The summed E-state index contributed by atoms with van der Waals surface area (Å²) in [5, 5.41) is 11.5. The van der Waals surface area contributed by atoms with Crippen LogP contribution >= 0.6 is 0 Å². The molecule has 0 radical (unpaired) electrons. The minimum Gasteiger partial charge on any atom is -0.445 e. The molecule has 0 aliphatic heterocycles. The molecular weight excluding hydrogens is 309 g/mol. The molecule has 2 N–H and O–H groups in total. The van der Waals surface area contributed by atoms with Gasteiger partial charge in [0.15, 0.2) is 0 Å².